The topological polar surface area (TPSA) is 19.4 Å². The van der Waals surface area contributed by atoms with Gasteiger partial charge in [-0.05, 0) is 278 Å². The maximum absolute atomic E-state index is 2.61. The summed E-state index contributed by atoms with van der Waals surface area (Å²) in [5.41, 5.74) is 51.9. The molecule has 0 saturated carbocycles. The third-order valence-corrected chi connectivity index (χ3v) is 30.6. The largest absolute Gasteiger partial charge is 0.341 e. The van der Waals surface area contributed by atoms with Crippen molar-refractivity contribution < 1.29 is 0 Å². The van der Waals surface area contributed by atoms with E-state index < -0.39 is 0 Å². The van der Waals surface area contributed by atoms with Gasteiger partial charge in [-0.1, -0.05) is 252 Å². The Bertz CT molecular complexity index is 6040. The van der Waals surface area contributed by atoms with Crippen LogP contribution in [0, 0.1) is 0 Å². The molecule has 0 saturated heterocycles. The second-order valence-electron chi connectivity index (χ2n) is 37.6. The van der Waals surface area contributed by atoms with E-state index in [1.54, 1.807) is 0 Å². The van der Waals surface area contributed by atoms with Crippen LogP contribution in [0.15, 0.2) is 288 Å². The highest BCUT2D eigenvalue weighted by atomic mass is 15.2. The fourth-order valence-corrected chi connectivity index (χ4v) is 24.4. The van der Waals surface area contributed by atoms with Crippen LogP contribution in [0.25, 0.3) is 36.5 Å². The van der Waals surface area contributed by atoms with E-state index in [4.69, 9.17) is 0 Å². The van der Waals surface area contributed by atoms with E-state index in [2.05, 4.69) is 376 Å². The lowest BCUT2D eigenvalue weighted by atomic mass is 9.82. The lowest BCUT2D eigenvalue weighted by molar-refractivity contribution is 0.615. The highest BCUT2D eigenvalue weighted by molar-refractivity contribution is 5.90. The summed E-state index contributed by atoms with van der Waals surface area (Å²) in [6, 6.07) is 96.9. The van der Waals surface area contributed by atoms with E-state index in [1.165, 1.54) is 240 Å². The van der Waals surface area contributed by atoms with E-state index in [9.17, 15) is 0 Å². The second kappa shape index (κ2) is 31.6. The number of rotatable bonds is 12. The van der Waals surface area contributed by atoms with Gasteiger partial charge in [0.2, 0.25) is 0 Å². The first-order valence-electron chi connectivity index (χ1n) is 46.4. The van der Waals surface area contributed by atoms with Crippen molar-refractivity contribution in [3.05, 3.63) is 388 Å². The maximum Gasteiger partial charge on any atom is 0.0489 e. The van der Waals surface area contributed by atoms with Crippen molar-refractivity contribution in [3.63, 3.8) is 0 Å². The van der Waals surface area contributed by atoms with Gasteiger partial charge in [0.15, 0.2) is 0 Å². The monoisotopic (exact) mass is 1600 g/mol. The SMILES string of the molecule is CC1=Cc2c(cccc2N2CCCc3ccccc32)C1CC1C(C)=Cc2c1cccc2N1CCCc2ccccc21.CC1=Cc2c(cccc2N2CCc3ccccc32)C1CC1C(C)=Cc2c1cccc2N1CCc2ccccc21.CC1=Cc2c(cccc2N2c3ccccc3CCC2C)C1CC1C(C)=Cc2c1cccc2N1c2ccccc2CCC1C. The standard InChI is InChI=1S/C41H42N2.C39H38N2.C37H34N2/c1-26-23-36-32(13-9-17-40(36)42-28(3)19-21-30-11-5-7-15-38(30)42)34(26)25-35-27(2)24-37-33(35)14-10-18-41(37)43-29(4)20-22-31-12-6-8-16-39(31)43;1-26-23-34-30(15-7-19-38(34)40-21-9-13-28-11-3-5-17-36(28)40)32(26)25-33-27(2)24-35-31(33)16-8-20-39(35)41-22-10-14-29-12-4-6-18-37(29)41;1-24-21-32-28(11-7-15-36(32)38-19-17-26-9-3-5-13-34(26)38)30(24)23-31-25(2)22-33-29(31)12-8-16-37(33)39-20-18-27-10-4-6-14-35(27)39/h5-18,23-24,28-29,34-35H,19-22,25H2,1-4H3;3-8,11-12,15-20,23-24,32-33H,9-10,13-14,21-22,25H2,1-2H3;3-16,21-22,30-31H,17-20,23H2,1-2H3. The van der Waals surface area contributed by atoms with Crippen LogP contribution >= 0.6 is 0 Å². The van der Waals surface area contributed by atoms with Gasteiger partial charge < -0.3 is 29.4 Å². The number of allylic oxidation sites excluding steroid dienone is 6. The highest BCUT2D eigenvalue weighted by Crippen LogP contribution is 2.58. The van der Waals surface area contributed by atoms with Crippen LogP contribution in [0.2, 0.25) is 0 Å². The summed E-state index contributed by atoms with van der Waals surface area (Å²) in [6.45, 7) is 23.2. The molecule has 0 aromatic heterocycles. The molecule has 6 heterocycles. The molecular formula is C117H114N6. The van der Waals surface area contributed by atoms with Crippen LogP contribution in [-0.4, -0.2) is 38.3 Å². The van der Waals surface area contributed by atoms with E-state index in [0.717, 1.165) is 71.1 Å². The Kier molecular flexibility index (Phi) is 19.8. The summed E-state index contributed by atoms with van der Waals surface area (Å²) in [5, 5.41) is 0. The molecule has 0 spiro atoms. The van der Waals surface area contributed by atoms with Crippen molar-refractivity contribution in [2.45, 2.75) is 186 Å². The first-order valence-corrected chi connectivity index (χ1v) is 46.4. The zero-order valence-electron chi connectivity index (χ0n) is 73.0. The minimum absolute atomic E-state index is 0.433. The summed E-state index contributed by atoms with van der Waals surface area (Å²) in [7, 11) is 0. The normalized spacial score (nSPS) is 21.7. The first-order chi connectivity index (χ1) is 60.3. The molecule has 12 aromatic carbocycles. The van der Waals surface area contributed by atoms with Crippen LogP contribution < -0.4 is 29.4 Å². The van der Waals surface area contributed by atoms with Gasteiger partial charge >= 0.3 is 0 Å². The van der Waals surface area contributed by atoms with Crippen molar-refractivity contribution in [2.24, 2.45) is 0 Å². The van der Waals surface area contributed by atoms with Gasteiger partial charge in [0.1, 0.15) is 0 Å². The lowest BCUT2D eigenvalue weighted by Crippen LogP contribution is -2.33. The van der Waals surface area contributed by atoms with E-state index in [-0.39, 0.29) is 0 Å². The Morgan fingerprint density at radius 2 is 0.423 bits per heavy atom. The van der Waals surface area contributed by atoms with Crippen LogP contribution in [0.3, 0.4) is 0 Å². The summed E-state index contributed by atoms with van der Waals surface area (Å²) in [4.78, 5) is 15.5. The first kappa shape index (κ1) is 77.0. The third-order valence-electron chi connectivity index (χ3n) is 30.6. The van der Waals surface area contributed by atoms with Gasteiger partial charge in [-0.3, -0.25) is 0 Å². The number of benzene rings is 12. The van der Waals surface area contributed by atoms with Crippen molar-refractivity contribution in [3.8, 4) is 0 Å². The van der Waals surface area contributed by atoms with Crippen molar-refractivity contribution in [1.29, 1.82) is 0 Å². The molecule has 0 bridgehead atoms. The molecule has 0 radical (unpaired) electrons. The molecular weight excluding hydrogens is 1490 g/mol. The molecule has 12 aromatic rings. The van der Waals surface area contributed by atoms with E-state index in [1.807, 2.05) is 0 Å². The molecule has 6 aliphatic heterocycles. The number of fused-ring (bicyclic) bond motifs is 12. The molecule has 6 aliphatic carbocycles. The molecule has 0 fully saturated rings. The average molecular weight is 1600 g/mol. The van der Waals surface area contributed by atoms with Gasteiger partial charge in [-0.15, -0.1) is 0 Å². The van der Waals surface area contributed by atoms with E-state index >= 15 is 0 Å². The number of hydrogen-bond acceptors (Lipinski definition) is 6. The second-order valence-corrected chi connectivity index (χ2v) is 37.6. The van der Waals surface area contributed by atoms with Gasteiger partial charge in [-0.25, -0.2) is 0 Å². The molecule has 0 amide bonds. The number of hydrogen-bond donors (Lipinski definition) is 0. The zero-order valence-corrected chi connectivity index (χ0v) is 73.0. The molecule has 8 unspecified atom stereocenters. The Morgan fingerprint density at radius 3 is 0.699 bits per heavy atom. The summed E-state index contributed by atoms with van der Waals surface area (Å²) >= 11 is 0. The third kappa shape index (κ3) is 13.3. The molecule has 6 heteroatoms. The average Bonchev–Trinajstić information content (AvgIpc) is 1.24. The van der Waals surface area contributed by atoms with E-state index in [0.29, 0.717) is 47.6 Å². The summed E-state index contributed by atoms with van der Waals surface area (Å²) < 4.78 is 0. The number of aryl methyl sites for hydroxylation is 4. The fraction of sp³-hybridized carbons (Fsp3) is 0.282. The van der Waals surface area contributed by atoms with Crippen LogP contribution in [0.4, 0.5) is 68.2 Å². The summed E-state index contributed by atoms with van der Waals surface area (Å²) in [6.07, 6.45) is 30.0. The molecule has 8 atom stereocenters. The molecule has 612 valence electrons. The van der Waals surface area contributed by atoms with Crippen molar-refractivity contribution in [2.75, 3.05) is 55.6 Å². The van der Waals surface area contributed by atoms with Crippen molar-refractivity contribution >= 4 is 105 Å². The molecule has 24 rings (SSSR count). The molecule has 123 heavy (non-hydrogen) atoms. The van der Waals surface area contributed by atoms with Gasteiger partial charge in [0.25, 0.3) is 0 Å². The minimum Gasteiger partial charge on any atom is -0.341 e. The van der Waals surface area contributed by atoms with Gasteiger partial charge in [0.05, 0.1) is 0 Å². The van der Waals surface area contributed by atoms with Gasteiger partial charge in [0, 0.05) is 175 Å². The minimum atomic E-state index is 0.433. The molecule has 6 nitrogen and oxygen atoms in total. The summed E-state index contributed by atoms with van der Waals surface area (Å²) in [5.74, 6) is 2.67. The number of para-hydroxylation sites is 6. The maximum atomic E-state index is 2.61. The Hall–Kier alpha value is -12.1. The van der Waals surface area contributed by atoms with Crippen LogP contribution in [0.1, 0.15) is 236 Å². The van der Waals surface area contributed by atoms with Crippen molar-refractivity contribution in [1.82, 2.24) is 0 Å². The van der Waals surface area contributed by atoms with Crippen LogP contribution in [0.5, 0.6) is 0 Å². The highest BCUT2D eigenvalue weighted by Gasteiger charge is 2.41. The zero-order chi connectivity index (χ0) is 82.8. The predicted molar refractivity (Wildman–Crippen MR) is 521 cm³/mol. The Balaban J connectivity index is 0.000000110. The quantitative estimate of drug-likeness (QED) is 0.121. The molecule has 12 aliphatic rings. The Labute approximate surface area is 730 Å². The van der Waals surface area contributed by atoms with Crippen LogP contribution in [-0.2, 0) is 38.5 Å². The smallest absolute Gasteiger partial charge is 0.0489 e. The Morgan fingerprint density at radius 1 is 0.211 bits per heavy atom. The fourth-order valence-electron chi connectivity index (χ4n) is 24.4. The predicted octanol–water partition coefficient (Wildman–Crippen LogP) is 29.8. The molecule has 0 N–H and O–H groups in total. The lowest BCUT2D eigenvalue weighted by Gasteiger charge is -2.38. The van der Waals surface area contributed by atoms with Gasteiger partial charge in [-0.2, -0.15) is 0 Å². The number of anilines is 12. The number of nitrogens with zero attached hydrogens (tertiary/aromatic N) is 6.